The van der Waals surface area contributed by atoms with Crippen LogP contribution in [-0.2, 0) is 14.6 Å². The van der Waals surface area contributed by atoms with Crippen molar-refractivity contribution < 1.29 is 13.2 Å². The number of sulfone groups is 1. The Kier molecular flexibility index (Phi) is 3.70. The Labute approximate surface area is 151 Å². The molecule has 5 nitrogen and oxygen atoms in total. The molecule has 1 aromatic heterocycles. The lowest BCUT2D eigenvalue weighted by Gasteiger charge is -2.07. The average Bonchev–Trinajstić information content (AvgIpc) is 3.32. The lowest BCUT2D eigenvalue weighted by molar-refractivity contribution is -0.108. The highest BCUT2D eigenvalue weighted by Crippen LogP contribution is 2.51. The first-order valence-electron chi connectivity index (χ1n) is 8.28. The van der Waals surface area contributed by atoms with E-state index in [1.54, 1.807) is 42.5 Å². The van der Waals surface area contributed by atoms with Crippen molar-refractivity contribution in [2.75, 3.05) is 0 Å². The van der Waals surface area contributed by atoms with E-state index < -0.39 is 9.84 Å². The molecule has 1 unspecified atom stereocenters. The van der Waals surface area contributed by atoms with Crippen molar-refractivity contribution in [3.8, 4) is 6.07 Å². The molecule has 26 heavy (non-hydrogen) atoms. The van der Waals surface area contributed by atoms with Crippen LogP contribution in [0.4, 0.5) is 0 Å². The molecule has 1 saturated carbocycles. The van der Waals surface area contributed by atoms with Gasteiger partial charge in [-0.2, -0.15) is 5.26 Å². The Hall–Kier alpha value is -2.91. The topological polar surface area (TPSA) is 90.8 Å². The molecule has 0 amide bonds. The van der Waals surface area contributed by atoms with Crippen LogP contribution < -0.4 is 0 Å². The van der Waals surface area contributed by atoms with Crippen molar-refractivity contribution in [2.45, 2.75) is 29.2 Å². The summed E-state index contributed by atoms with van der Waals surface area (Å²) in [6.45, 7) is 1.90. The number of carbonyl (C=O) groups is 1. The number of aromatic nitrogens is 1. The van der Waals surface area contributed by atoms with Crippen molar-refractivity contribution in [1.29, 1.82) is 5.26 Å². The van der Waals surface area contributed by atoms with Gasteiger partial charge in [0.1, 0.15) is 11.3 Å². The minimum Gasteiger partial charge on any atom is -0.345 e. The fraction of sp³-hybridized carbons (Fsp3) is 0.200. The zero-order valence-corrected chi connectivity index (χ0v) is 14.9. The van der Waals surface area contributed by atoms with E-state index in [4.69, 9.17) is 0 Å². The molecule has 2 atom stereocenters. The summed E-state index contributed by atoms with van der Waals surface area (Å²) in [7, 11) is -3.76. The monoisotopic (exact) mass is 364 g/mol. The smallest absolute Gasteiger partial charge is 0.222 e. The SMILES string of the molecule is Cc1ccc(S(=O)(=O)c2[nH]c3ccc(C#N)cc3c2C2C[C@@H]2C=O)cc1. The molecule has 1 heterocycles. The number of aryl methyl sites for hydroxylation is 1. The molecule has 0 radical (unpaired) electrons. The Morgan fingerprint density at radius 3 is 2.54 bits per heavy atom. The number of nitrogens with one attached hydrogen (secondary N) is 1. The molecule has 1 fully saturated rings. The fourth-order valence-corrected chi connectivity index (χ4v) is 4.90. The fourth-order valence-electron chi connectivity index (χ4n) is 3.37. The molecule has 2 aromatic carbocycles. The second-order valence-corrected chi connectivity index (χ2v) is 8.59. The molecule has 1 aliphatic rings. The van der Waals surface area contributed by atoms with Gasteiger partial charge in [0.15, 0.2) is 0 Å². The number of benzene rings is 2. The van der Waals surface area contributed by atoms with E-state index in [0.717, 1.165) is 11.8 Å². The molecule has 0 aliphatic heterocycles. The van der Waals surface area contributed by atoms with Crippen LogP contribution in [0.15, 0.2) is 52.4 Å². The molecule has 1 N–H and O–H groups in total. The van der Waals surface area contributed by atoms with Crippen molar-refractivity contribution in [1.82, 2.24) is 4.98 Å². The van der Waals surface area contributed by atoms with Gasteiger partial charge in [0, 0.05) is 22.4 Å². The quantitative estimate of drug-likeness (QED) is 0.718. The first-order chi connectivity index (χ1) is 12.5. The van der Waals surface area contributed by atoms with Crippen LogP contribution in [-0.4, -0.2) is 19.7 Å². The van der Waals surface area contributed by atoms with E-state index in [9.17, 15) is 18.5 Å². The van der Waals surface area contributed by atoms with Crippen molar-refractivity contribution in [3.05, 3.63) is 59.2 Å². The summed E-state index contributed by atoms with van der Waals surface area (Å²) >= 11 is 0. The summed E-state index contributed by atoms with van der Waals surface area (Å²) in [4.78, 5) is 14.4. The zero-order chi connectivity index (χ0) is 18.5. The molecule has 0 bridgehead atoms. The summed E-state index contributed by atoms with van der Waals surface area (Å²) in [6.07, 6.45) is 1.50. The van der Waals surface area contributed by atoms with Crippen molar-refractivity contribution >= 4 is 27.0 Å². The number of H-pyrrole nitrogens is 1. The maximum Gasteiger partial charge on any atom is 0.222 e. The summed E-state index contributed by atoms with van der Waals surface area (Å²) < 4.78 is 26.5. The van der Waals surface area contributed by atoms with Crippen LogP contribution in [0.3, 0.4) is 0 Å². The van der Waals surface area contributed by atoms with Crippen LogP contribution in [0, 0.1) is 24.2 Å². The van der Waals surface area contributed by atoms with Gasteiger partial charge in [-0.1, -0.05) is 17.7 Å². The molecule has 6 heteroatoms. The van der Waals surface area contributed by atoms with Gasteiger partial charge >= 0.3 is 0 Å². The molecule has 3 aromatic rings. The second kappa shape index (κ2) is 5.82. The highest BCUT2D eigenvalue weighted by molar-refractivity contribution is 7.91. The van der Waals surface area contributed by atoms with E-state index in [2.05, 4.69) is 11.1 Å². The number of aromatic amines is 1. The van der Waals surface area contributed by atoms with E-state index in [-0.39, 0.29) is 21.8 Å². The Bertz CT molecular complexity index is 1170. The van der Waals surface area contributed by atoms with Gasteiger partial charge in [-0.25, -0.2) is 8.42 Å². The van der Waals surface area contributed by atoms with Gasteiger partial charge in [-0.3, -0.25) is 0 Å². The largest absolute Gasteiger partial charge is 0.345 e. The van der Waals surface area contributed by atoms with Crippen molar-refractivity contribution in [2.24, 2.45) is 5.92 Å². The lowest BCUT2D eigenvalue weighted by Crippen LogP contribution is -2.05. The van der Waals surface area contributed by atoms with E-state index in [1.165, 1.54) is 0 Å². The average molecular weight is 364 g/mol. The molecule has 0 saturated heterocycles. The molecule has 1 aliphatic carbocycles. The third-order valence-corrected chi connectivity index (χ3v) is 6.67. The standard InChI is InChI=1S/C20H16N2O3S/c1-12-2-5-15(6-3-12)26(24,25)20-19(16-9-14(16)11-23)17-8-13(10-21)4-7-18(17)22-20/h2-8,11,14,16,22H,9H2,1H3/t14-,16?/m1/s1. The molecule has 130 valence electrons. The maximum atomic E-state index is 13.2. The highest BCUT2D eigenvalue weighted by Gasteiger charge is 2.43. The molecule has 0 spiro atoms. The Morgan fingerprint density at radius 1 is 1.19 bits per heavy atom. The molecular formula is C20H16N2O3S. The summed E-state index contributed by atoms with van der Waals surface area (Å²) in [5.41, 5.74) is 2.71. The number of hydrogen-bond acceptors (Lipinski definition) is 4. The number of hydrogen-bond donors (Lipinski definition) is 1. The van der Waals surface area contributed by atoms with Gasteiger partial charge in [-0.15, -0.1) is 0 Å². The predicted molar refractivity (Wildman–Crippen MR) is 96.6 cm³/mol. The highest BCUT2D eigenvalue weighted by atomic mass is 32.2. The summed E-state index contributed by atoms with van der Waals surface area (Å²) in [5, 5.41) is 10.0. The first kappa shape index (κ1) is 16.6. The Morgan fingerprint density at radius 2 is 1.92 bits per heavy atom. The summed E-state index contributed by atoms with van der Waals surface area (Å²) in [5.74, 6) is -0.308. The maximum absolute atomic E-state index is 13.2. The van der Waals surface area contributed by atoms with E-state index >= 15 is 0 Å². The van der Waals surface area contributed by atoms with Crippen LogP contribution in [0.5, 0.6) is 0 Å². The van der Waals surface area contributed by atoms with Crippen LogP contribution in [0.2, 0.25) is 0 Å². The molecular weight excluding hydrogens is 348 g/mol. The third kappa shape index (κ3) is 2.52. The normalized spacial score (nSPS) is 19.2. The van der Waals surface area contributed by atoms with Gasteiger partial charge in [0.25, 0.3) is 0 Å². The predicted octanol–water partition coefficient (Wildman–Crippen LogP) is 3.48. The number of aldehydes is 1. The van der Waals surface area contributed by atoms with Gasteiger partial charge in [-0.05, 0) is 49.6 Å². The van der Waals surface area contributed by atoms with E-state index in [1.807, 2.05) is 6.92 Å². The Balaban J connectivity index is 1.97. The second-order valence-electron chi connectivity index (χ2n) is 6.70. The number of nitriles is 1. The van der Waals surface area contributed by atoms with Gasteiger partial charge in [0.2, 0.25) is 9.84 Å². The van der Waals surface area contributed by atoms with Crippen molar-refractivity contribution in [3.63, 3.8) is 0 Å². The number of nitrogens with zero attached hydrogens (tertiary/aromatic N) is 1. The van der Waals surface area contributed by atoms with Crippen LogP contribution in [0.25, 0.3) is 10.9 Å². The molecule has 4 rings (SSSR count). The third-order valence-electron chi connectivity index (χ3n) is 4.92. The number of fused-ring (bicyclic) bond motifs is 1. The number of carbonyl (C=O) groups excluding carboxylic acids is 1. The summed E-state index contributed by atoms with van der Waals surface area (Å²) in [6, 6.07) is 13.8. The van der Waals surface area contributed by atoms with Gasteiger partial charge in [0.05, 0.1) is 16.5 Å². The number of rotatable bonds is 4. The van der Waals surface area contributed by atoms with E-state index in [0.29, 0.717) is 28.5 Å². The lowest BCUT2D eigenvalue weighted by atomic mass is 10.1. The van der Waals surface area contributed by atoms with Gasteiger partial charge < -0.3 is 9.78 Å². The minimum atomic E-state index is -3.76. The van der Waals surface area contributed by atoms with Crippen LogP contribution >= 0.6 is 0 Å². The zero-order valence-electron chi connectivity index (χ0n) is 14.1. The minimum absolute atomic E-state index is 0.126. The van der Waals surface area contributed by atoms with Crippen LogP contribution in [0.1, 0.15) is 29.0 Å². The first-order valence-corrected chi connectivity index (χ1v) is 9.77.